The molecule has 0 bridgehead atoms. The van der Waals surface area contributed by atoms with Gasteiger partial charge in [0.2, 0.25) is 20.0 Å². The molecule has 4 N–H and O–H groups in total. The van der Waals surface area contributed by atoms with Gasteiger partial charge in [0.15, 0.2) is 10.9 Å². The third-order valence-electron chi connectivity index (χ3n) is 8.95. The molecule has 258 valence electrons. The van der Waals surface area contributed by atoms with E-state index < -0.39 is 30.9 Å². The lowest BCUT2D eigenvalue weighted by Gasteiger charge is -2.18. The lowest BCUT2D eigenvalue weighted by molar-refractivity contribution is 0.300. The first-order valence-corrected chi connectivity index (χ1v) is 19.4. The molecule has 0 fully saturated rings. The van der Waals surface area contributed by atoms with Crippen LogP contribution < -0.4 is 20.3 Å². The number of H-pyrrole nitrogens is 2. The second-order valence-electron chi connectivity index (χ2n) is 11.8. The average molecular weight is 697 g/mol. The maximum atomic E-state index is 13.9. The number of sulfonamides is 2. The van der Waals surface area contributed by atoms with E-state index in [1.54, 1.807) is 24.3 Å². The second-order valence-corrected chi connectivity index (χ2v) is 15.2. The molecule has 2 aromatic heterocycles. The number of fused-ring (bicyclic) bond motifs is 4. The molecule has 2 heterocycles. The van der Waals surface area contributed by atoms with Gasteiger partial charge in [-0.15, -0.1) is 0 Å². The predicted molar refractivity (Wildman–Crippen MR) is 193 cm³/mol. The highest BCUT2D eigenvalue weighted by atomic mass is 32.2. The first-order chi connectivity index (χ1) is 22.9. The van der Waals surface area contributed by atoms with E-state index in [9.17, 15) is 26.4 Å². The van der Waals surface area contributed by atoms with Gasteiger partial charge in [-0.3, -0.25) is 9.59 Å². The highest BCUT2D eigenvalue weighted by molar-refractivity contribution is 7.90. The van der Waals surface area contributed by atoms with E-state index in [1.807, 2.05) is 0 Å². The molecule has 5 aromatic rings. The van der Waals surface area contributed by atoms with Crippen LogP contribution >= 0.6 is 0 Å². The molecule has 0 amide bonds. The highest BCUT2D eigenvalue weighted by Crippen LogP contribution is 2.26. The topological polar surface area (TPSA) is 165 Å². The standard InChI is InChI=1S/C34H44N6O6S2/c1-5-39(6-2)19-11-17-35-47(43,44)29-15-9-13-25-31(29)33(41)23-21-28-24(22-27(23)37-25)34(42)32-26(38-28)14-10-16-30(32)48(45,46)36-18-12-20-40(7-3)8-4/h9-10,13-16,21-22,35-36H,5-8,11-12,17-20H2,1-4H3,(H,37,41)(H,38,42). The summed E-state index contributed by atoms with van der Waals surface area (Å²) in [6.07, 6.45) is 1.24. The van der Waals surface area contributed by atoms with Gasteiger partial charge in [0, 0.05) is 23.9 Å². The second kappa shape index (κ2) is 14.8. The van der Waals surface area contributed by atoms with E-state index in [-0.39, 0.29) is 44.4 Å². The largest absolute Gasteiger partial charge is 0.354 e. The third kappa shape index (κ3) is 7.19. The highest BCUT2D eigenvalue weighted by Gasteiger charge is 2.23. The molecule has 0 aliphatic heterocycles. The Balaban J connectivity index is 1.54. The Bertz CT molecular complexity index is 2130. The van der Waals surface area contributed by atoms with Crippen molar-refractivity contribution in [1.82, 2.24) is 29.2 Å². The number of hydrogen-bond donors (Lipinski definition) is 4. The van der Waals surface area contributed by atoms with Gasteiger partial charge in [0.25, 0.3) is 0 Å². The van der Waals surface area contributed by atoms with E-state index in [0.29, 0.717) is 34.9 Å². The molecule has 0 unspecified atom stereocenters. The van der Waals surface area contributed by atoms with Crippen molar-refractivity contribution >= 4 is 63.7 Å². The molecule has 14 heteroatoms. The summed E-state index contributed by atoms with van der Waals surface area (Å²) < 4.78 is 58.8. The molecule has 0 radical (unpaired) electrons. The summed E-state index contributed by atoms with van der Waals surface area (Å²) in [5.41, 5.74) is 0.231. The van der Waals surface area contributed by atoms with Crippen molar-refractivity contribution in [2.24, 2.45) is 0 Å². The molecular formula is C34H44N6O6S2. The van der Waals surface area contributed by atoms with Crippen molar-refractivity contribution in [3.8, 4) is 0 Å². The van der Waals surface area contributed by atoms with Crippen LogP contribution in [-0.4, -0.2) is 89.0 Å². The number of nitrogens with one attached hydrogen (secondary N) is 4. The summed E-state index contributed by atoms with van der Waals surface area (Å²) in [5, 5.41) is 0.411. The molecular weight excluding hydrogens is 653 g/mol. The minimum atomic E-state index is -4.01. The minimum Gasteiger partial charge on any atom is -0.354 e. The monoisotopic (exact) mass is 696 g/mol. The van der Waals surface area contributed by atoms with Gasteiger partial charge in [-0.2, -0.15) is 0 Å². The van der Waals surface area contributed by atoms with Crippen molar-refractivity contribution in [2.75, 3.05) is 52.4 Å². The van der Waals surface area contributed by atoms with Gasteiger partial charge < -0.3 is 19.8 Å². The number of nitrogens with zero attached hydrogens (tertiary/aromatic N) is 2. The van der Waals surface area contributed by atoms with Crippen LogP contribution in [0.25, 0.3) is 43.6 Å². The summed E-state index contributed by atoms with van der Waals surface area (Å²) >= 11 is 0. The minimum absolute atomic E-state index is 0.0178. The van der Waals surface area contributed by atoms with Crippen molar-refractivity contribution in [3.63, 3.8) is 0 Å². The van der Waals surface area contributed by atoms with Gasteiger partial charge in [-0.05, 0) is 88.5 Å². The Labute approximate surface area is 280 Å². The fourth-order valence-corrected chi connectivity index (χ4v) is 8.78. The Hall–Kier alpha value is -3.66. The number of aromatic amines is 2. The maximum absolute atomic E-state index is 13.9. The lowest BCUT2D eigenvalue weighted by Crippen LogP contribution is -2.30. The van der Waals surface area contributed by atoms with Gasteiger partial charge >= 0.3 is 0 Å². The summed E-state index contributed by atoms with van der Waals surface area (Å²) in [5.74, 6) is 0. The molecule has 0 atom stereocenters. The van der Waals surface area contributed by atoms with Crippen molar-refractivity contribution in [1.29, 1.82) is 0 Å². The van der Waals surface area contributed by atoms with Crippen LogP contribution in [0.15, 0.2) is 67.9 Å². The zero-order valence-corrected chi connectivity index (χ0v) is 29.5. The third-order valence-corrected chi connectivity index (χ3v) is 12.0. The summed E-state index contributed by atoms with van der Waals surface area (Å²) in [7, 11) is -8.03. The summed E-state index contributed by atoms with van der Waals surface area (Å²) in [6, 6.07) is 12.2. The van der Waals surface area contributed by atoms with Crippen molar-refractivity contribution < 1.29 is 16.8 Å². The normalized spacial score (nSPS) is 12.8. The zero-order valence-electron chi connectivity index (χ0n) is 27.9. The zero-order chi connectivity index (χ0) is 34.6. The molecule has 0 spiro atoms. The summed E-state index contributed by atoms with van der Waals surface area (Å²) in [4.78, 5) is 38.3. The number of aromatic nitrogens is 2. The van der Waals surface area contributed by atoms with E-state index in [0.717, 1.165) is 39.3 Å². The molecule has 3 aromatic carbocycles. The van der Waals surface area contributed by atoms with Gasteiger partial charge in [-0.25, -0.2) is 26.3 Å². The van der Waals surface area contributed by atoms with Gasteiger partial charge in [-0.1, -0.05) is 39.8 Å². The van der Waals surface area contributed by atoms with Crippen LogP contribution in [0.4, 0.5) is 0 Å². The van der Waals surface area contributed by atoms with Crippen LogP contribution in [0.5, 0.6) is 0 Å². The SMILES string of the molecule is CCN(CC)CCCNS(=O)(=O)c1cccc2[nH]c3cc4c(=O)c5c(S(=O)(=O)NCCCN(CC)CC)cccc5[nH]c4cc3c(=O)c12. The fourth-order valence-electron chi connectivity index (χ4n) is 6.18. The van der Waals surface area contributed by atoms with Crippen LogP contribution in [0, 0.1) is 0 Å². The number of rotatable bonds is 16. The Morgan fingerprint density at radius 3 is 1.31 bits per heavy atom. The van der Waals surface area contributed by atoms with Gasteiger partial charge in [0.05, 0.1) is 42.6 Å². The molecule has 12 nitrogen and oxygen atoms in total. The molecule has 0 aliphatic carbocycles. The van der Waals surface area contributed by atoms with Crippen LogP contribution in [0.3, 0.4) is 0 Å². The summed E-state index contributed by atoms with van der Waals surface area (Å²) in [6.45, 7) is 13.7. The molecule has 48 heavy (non-hydrogen) atoms. The van der Waals surface area contributed by atoms with Crippen LogP contribution in [0.1, 0.15) is 40.5 Å². The molecule has 0 aliphatic rings. The van der Waals surface area contributed by atoms with E-state index in [4.69, 9.17) is 0 Å². The first-order valence-electron chi connectivity index (χ1n) is 16.5. The van der Waals surface area contributed by atoms with Crippen molar-refractivity contribution in [2.45, 2.75) is 50.3 Å². The van der Waals surface area contributed by atoms with Crippen molar-refractivity contribution in [3.05, 3.63) is 69.0 Å². The number of pyridine rings is 2. The van der Waals surface area contributed by atoms with E-state index in [2.05, 4.69) is 56.9 Å². The maximum Gasteiger partial charge on any atom is 0.241 e. The quantitative estimate of drug-likeness (QED) is 0.0897. The molecule has 5 rings (SSSR count). The smallest absolute Gasteiger partial charge is 0.241 e. The van der Waals surface area contributed by atoms with Crippen LogP contribution in [0.2, 0.25) is 0 Å². The first kappa shape index (κ1) is 35.6. The Morgan fingerprint density at radius 1 is 0.583 bits per heavy atom. The Morgan fingerprint density at radius 2 is 0.958 bits per heavy atom. The lowest BCUT2D eigenvalue weighted by atomic mass is 10.1. The molecule has 0 saturated carbocycles. The number of hydrogen-bond acceptors (Lipinski definition) is 8. The number of benzene rings is 3. The predicted octanol–water partition coefficient (Wildman–Crippen LogP) is 3.70. The molecule has 0 saturated heterocycles. The average Bonchev–Trinajstić information content (AvgIpc) is 3.07. The van der Waals surface area contributed by atoms with E-state index in [1.165, 1.54) is 24.3 Å². The van der Waals surface area contributed by atoms with E-state index >= 15 is 0 Å². The van der Waals surface area contributed by atoms with Crippen LogP contribution in [-0.2, 0) is 20.0 Å². The Kier molecular flexibility index (Phi) is 11.0. The van der Waals surface area contributed by atoms with Gasteiger partial charge in [0.1, 0.15) is 0 Å². The fraction of sp³-hybridized carbons (Fsp3) is 0.412.